The second-order valence-electron chi connectivity index (χ2n) is 7.46. The van der Waals surface area contributed by atoms with Crippen LogP contribution in [-0.2, 0) is 6.18 Å². The maximum atomic E-state index is 13.0. The molecule has 33 heavy (non-hydrogen) atoms. The molecule has 11 heteroatoms. The van der Waals surface area contributed by atoms with E-state index >= 15 is 0 Å². The van der Waals surface area contributed by atoms with E-state index in [2.05, 4.69) is 9.97 Å². The molecule has 0 bridgehead atoms. The molecule has 0 saturated carbocycles. The average molecular weight is 464 g/mol. The van der Waals surface area contributed by atoms with Crippen molar-refractivity contribution in [2.45, 2.75) is 6.18 Å². The van der Waals surface area contributed by atoms with Gasteiger partial charge in [-0.25, -0.2) is 0 Å². The van der Waals surface area contributed by atoms with Crippen LogP contribution in [0.4, 0.5) is 24.8 Å². The zero-order chi connectivity index (χ0) is 23.8. The molecule has 0 aliphatic carbocycles. The molecule has 1 aliphatic heterocycles. The molecular formula is C22H23F3N4O4. The molecule has 0 amide bonds. The predicted octanol–water partition coefficient (Wildman–Crippen LogP) is 3.29. The smallest absolute Gasteiger partial charge is 0.416 e. The Morgan fingerprint density at radius 1 is 0.939 bits per heavy atom. The molecule has 1 aromatic heterocycles. The van der Waals surface area contributed by atoms with Crippen molar-refractivity contribution in [3.63, 3.8) is 0 Å². The topological polar surface area (TPSA) is 79.9 Å². The van der Waals surface area contributed by atoms with Gasteiger partial charge in [-0.3, -0.25) is 4.79 Å². The first-order chi connectivity index (χ1) is 15.8. The van der Waals surface area contributed by atoms with Crippen LogP contribution < -0.4 is 29.6 Å². The van der Waals surface area contributed by atoms with Gasteiger partial charge in [0.2, 0.25) is 11.7 Å². The molecule has 4 rings (SSSR count). The number of piperazine rings is 1. The van der Waals surface area contributed by atoms with E-state index in [0.29, 0.717) is 54.8 Å². The van der Waals surface area contributed by atoms with Crippen LogP contribution in [0.1, 0.15) is 5.56 Å². The molecule has 2 heterocycles. The highest BCUT2D eigenvalue weighted by atomic mass is 19.4. The fourth-order valence-electron chi connectivity index (χ4n) is 3.97. The van der Waals surface area contributed by atoms with Gasteiger partial charge in [-0.05, 0) is 18.2 Å². The summed E-state index contributed by atoms with van der Waals surface area (Å²) in [5.41, 5.74) is -0.191. The highest BCUT2D eigenvalue weighted by molar-refractivity contribution is 5.90. The van der Waals surface area contributed by atoms with Gasteiger partial charge in [0.05, 0.1) is 32.4 Å². The van der Waals surface area contributed by atoms with Gasteiger partial charge in [-0.2, -0.15) is 18.2 Å². The SMILES string of the molecule is COc1cc2[nH]c(N3CCN(c4cccc(C(F)(F)F)c4)CC3)nc(=O)c2c(OC)c1OC. The van der Waals surface area contributed by atoms with Crippen LogP contribution in [-0.4, -0.2) is 57.5 Å². The van der Waals surface area contributed by atoms with Gasteiger partial charge in [0, 0.05) is 37.9 Å². The van der Waals surface area contributed by atoms with E-state index in [0.717, 1.165) is 12.1 Å². The van der Waals surface area contributed by atoms with Gasteiger partial charge in [0.15, 0.2) is 11.5 Å². The van der Waals surface area contributed by atoms with Crippen molar-refractivity contribution < 1.29 is 27.4 Å². The van der Waals surface area contributed by atoms with E-state index in [1.807, 2.05) is 9.80 Å². The van der Waals surface area contributed by atoms with Crippen molar-refractivity contribution in [1.82, 2.24) is 9.97 Å². The number of fused-ring (bicyclic) bond motifs is 1. The molecule has 8 nitrogen and oxygen atoms in total. The van der Waals surface area contributed by atoms with Gasteiger partial charge in [-0.1, -0.05) is 6.07 Å². The molecule has 0 radical (unpaired) electrons. The van der Waals surface area contributed by atoms with Gasteiger partial charge in [0.25, 0.3) is 5.56 Å². The van der Waals surface area contributed by atoms with Crippen LogP contribution >= 0.6 is 0 Å². The minimum Gasteiger partial charge on any atom is -0.493 e. The molecular weight excluding hydrogens is 441 g/mol. The van der Waals surface area contributed by atoms with Crippen molar-refractivity contribution in [2.75, 3.05) is 57.3 Å². The fourth-order valence-corrected chi connectivity index (χ4v) is 3.97. The maximum Gasteiger partial charge on any atom is 0.416 e. The van der Waals surface area contributed by atoms with E-state index < -0.39 is 17.3 Å². The Morgan fingerprint density at radius 3 is 2.21 bits per heavy atom. The number of rotatable bonds is 5. The van der Waals surface area contributed by atoms with Gasteiger partial charge >= 0.3 is 6.18 Å². The van der Waals surface area contributed by atoms with Crippen molar-refractivity contribution >= 4 is 22.5 Å². The third-order valence-electron chi connectivity index (χ3n) is 5.62. The number of alkyl halides is 3. The summed E-state index contributed by atoms with van der Waals surface area (Å²) >= 11 is 0. The maximum absolute atomic E-state index is 13.0. The number of hydrogen-bond acceptors (Lipinski definition) is 7. The Balaban J connectivity index is 1.61. The summed E-state index contributed by atoms with van der Waals surface area (Å²) in [5, 5.41) is 0.238. The number of aromatic amines is 1. The minimum absolute atomic E-state index is 0.224. The molecule has 2 aromatic carbocycles. The summed E-state index contributed by atoms with van der Waals surface area (Å²) in [6.45, 7) is 1.88. The Kier molecular flexibility index (Phi) is 5.96. The van der Waals surface area contributed by atoms with E-state index in [4.69, 9.17) is 14.2 Å². The highest BCUT2D eigenvalue weighted by Crippen LogP contribution is 2.41. The summed E-state index contributed by atoms with van der Waals surface area (Å²) < 4.78 is 55.2. The van der Waals surface area contributed by atoms with E-state index in [9.17, 15) is 18.0 Å². The molecule has 1 fully saturated rings. The number of halogens is 3. The van der Waals surface area contributed by atoms with Crippen LogP contribution in [0.15, 0.2) is 35.1 Å². The molecule has 3 aromatic rings. The van der Waals surface area contributed by atoms with Gasteiger partial charge in [0.1, 0.15) is 5.39 Å². The minimum atomic E-state index is -4.39. The number of methoxy groups -OCH3 is 3. The summed E-state index contributed by atoms with van der Waals surface area (Å²) in [4.78, 5) is 23.9. The summed E-state index contributed by atoms with van der Waals surface area (Å²) in [7, 11) is 4.36. The average Bonchev–Trinajstić information content (AvgIpc) is 2.82. The van der Waals surface area contributed by atoms with Crippen LogP contribution in [0.2, 0.25) is 0 Å². The van der Waals surface area contributed by atoms with E-state index in [1.165, 1.54) is 27.4 Å². The van der Waals surface area contributed by atoms with Crippen molar-refractivity contribution in [2.24, 2.45) is 0 Å². The standard InChI is InChI=1S/C22H23F3N4O4/c1-31-16-12-15-17(19(33-3)18(16)32-2)20(30)27-21(26-15)29-9-7-28(8-10-29)14-6-4-5-13(11-14)22(23,24)25/h4-6,11-12H,7-10H2,1-3H3,(H,26,27,30). The second-order valence-corrected chi connectivity index (χ2v) is 7.46. The third kappa shape index (κ3) is 4.22. The fraction of sp³-hybridized carbons (Fsp3) is 0.364. The number of ether oxygens (including phenoxy) is 3. The number of anilines is 2. The molecule has 1 saturated heterocycles. The molecule has 176 valence electrons. The predicted molar refractivity (Wildman–Crippen MR) is 118 cm³/mol. The zero-order valence-electron chi connectivity index (χ0n) is 18.3. The van der Waals surface area contributed by atoms with Gasteiger partial charge in [-0.15, -0.1) is 0 Å². The lowest BCUT2D eigenvalue weighted by Gasteiger charge is -2.36. The first kappa shape index (κ1) is 22.6. The lowest BCUT2D eigenvalue weighted by Crippen LogP contribution is -2.47. The Labute approximate surface area is 187 Å². The lowest BCUT2D eigenvalue weighted by molar-refractivity contribution is -0.137. The van der Waals surface area contributed by atoms with E-state index in [1.54, 1.807) is 12.1 Å². The van der Waals surface area contributed by atoms with E-state index in [-0.39, 0.29) is 11.1 Å². The summed E-state index contributed by atoms with van der Waals surface area (Å²) in [6.07, 6.45) is -4.39. The quantitative estimate of drug-likeness (QED) is 0.621. The second kappa shape index (κ2) is 8.72. The van der Waals surface area contributed by atoms with Crippen molar-refractivity contribution in [3.8, 4) is 17.2 Å². The molecule has 0 spiro atoms. The highest BCUT2D eigenvalue weighted by Gasteiger charge is 2.31. The Morgan fingerprint density at radius 2 is 1.61 bits per heavy atom. The normalized spacial score (nSPS) is 14.5. The van der Waals surface area contributed by atoms with Crippen LogP contribution in [0.5, 0.6) is 17.2 Å². The number of aromatic nitrogens is 2. The number of nitrogens with zero attached hydrogens (tertiary/aromatic N) is 3. The van der Waals surface area contributed by atoms with Crippen LogP contribution in [0.3, 0.4) is 0 Å². The number of H-pyrrole nitrogens is 1. The number of nitrogens with one attached hydrogen (secondary N) is 1. The largest absolute Gasteiger partial charge is 0.493 e. The Hall–Kier alpha value is -3.63. The zero-order valence-corrected chi connectivity index (χ0v) is 18.3. The first-order valence-corrected chi connectivity index (χ1v) is 10.2. The molecule has 1 aliphatic rings. The monoisotopic (exact) mass is 464 g/mol. The summed E-state index contributed by atoms with van der Waals surface area (Å²) in [5.74, 6) is 1.28. The lowest BCUT2D eigenvalue weighted by atomic mass is 10.1. The molecule has 0 atom stereocenters. The van der Waals surface area contributed by atoms with Gasteiger partial charge < -0.3 is 29.0 Å². The van der Waals surface area contributed by atoms with Crippen LogP contribution in [0.25, 0.3) is 10.9 Å². The van der Waals surface area contributed by atoms with Crippen LogP contribution in [0, 0.1) is 0 Å². The number of hydrogen-bond donors (Lipinski definition) is 1. The van der Waals surface area contributed by atoms with Crippen molar-refractivity contribution in [3.05, 3.63) is 46.2 Å². The first-order valence-electron chi connectivity index (χ1n) is 10.2. The molecule has 1 N–H and O–H groups in total. The Bertz CT molecular complexity index is 1220. The third-order valence-corrected chi connectivity index (χ3v) is 5.62. The summed E-state index contributed by atoms with van der Waals surface area (Å²) in [6, 6.07) is 6.91. The number of benzene rings is 2. The van der Waals surface area contributed by atoms with Crippen molar-refractivity contribution in [1.29, 1.82) is 0 Å². The molecule has 0 unspecified atom stereocenters.